The molecule has 2 N–H and O–H groups in total. The molecular weight excluding hydrogens is 266 g/mol. The summed E-state index contributed by atoms with van der Waals surface area (Å²) in [5.41, 5.74) is 6.29. The number of aromatic nitrogens is 2. The fraction of sp³-hybridized carbons (Fsp3) is 0.500. The van der Waals surface area contributed by atoms with Gasteiger partial charge >= 0.3 is 0 Å². The molecular formula is C12H14BrN3. The lowest BCUT2D eigenvalue weighted by Gasteiger charge is -2.15. The molecule has 0 amide bonds. The zero-order valence-electron chi connectivity index (χ0n) is 9.04. The van der Waals surface area contributed by atoms with Crippen LogP contribution in [0.15, 0.2) is 10.8 Å². The number of hydrogen-bond acceptors (Lipinski definition) is 3. The molecule has 1 saturated carbocycles. The van der Waals surface area contributed by atoms with Crippen LogP contribution in [0.4, 0.5) is 5.82 Å². The van der Waals surface area contributed by atoms with Crippen LogP contribution in [0.5, 0.6) is 0 Å². The molecule has 1 aromatic heterocycles. The number of hydrogen-bond donors (Lipinski definition) is 1. The molecule has 0 radical (unpaired) electrons. The molecule has 16 heavy (non-hydrogen) atoms. The third kappa shape index (κ3) is 2.96. The van der Waals surface area contributed by atoms with Gasteiger partial charge in [0.2, 0.25) is 0 Å². The van der Waals surface area contributed by atoms with Gasteiger partial charge in [0.25, 0.3) is 0 Å². The monoisotopic (exact) mass is 279 g/mol. The van der Waals surface area contributed by atoms with Gasteiger partial charge in [0.15, 0.2) is 11.5 Å². The van der Waals surface area contributed by atoms with E-state index in [1.807, 2.05) is 0 Å². The molecule has 4 heteroatoms. The Hall–Kier alpha value is -1.08. The molecule has 84 valence electrons. The van der Waals surface area contributed by atoms with Gasteiger partial charge in [-0.2, -0.15) is 0 Å². The Labute approximate surface area is 104 Å². The van der Waals surface area contributed by atoms with E-state index in [0.29, 0.717) is 22.0 Å². The van der Waals surface area contributed by atoms with Crippen molar-refractivity contribution in [3.63, 3.8) is 0 Å². The van der Waals surface area contributed by atoms with Crippen LogP contribution in [-0.4, -0.2) is 9.97 Å². The van der Waals surface area contributed by atoms with Crippen molar-refractivity contribution in [3.8, 4) is 11.8 Å². The summed E-state index contributed by atoms with van der Waals surface area (Å²) in [5.74, 6) is 7.21. The van der Waals surface area contributed by atoms with Gasteiger partial charge < -0.3 is 5.73 Å². The minimum atomic E-state index is 0.409. The second-order valence-electron chi connectivity index (χ2n) is 4.03. The van der Waals surface area contributed by atoms with Gasteiger partial charge in [-0.3, -0.25) is 0 Å². The molecule has 0 unspecified atom stereocenters. The average Bonchev–Trinajstić information content (AvgIpc) is 2.32. The highest BCUT2D eigenvalue weighted by Crippen LogP contribution is 2.22. The Bertz CT molecular complexity index is 428. The summed E-state index contributed by atoms with van der Waals surface area (Å²) in [6.45, 7) is 0. The molecule has 0 atom stereocenters. The van der Waals surface area contributed by atoms with E-state index in [-0.39, 0.29) is 0 Å². The second-order valence-corrected chi connectivity index (χ2v) is 4.84. The van der Waals surface area contributed by atoms with Gasteiger partial charge in [0.05, 0.1) is 6.20 Å². The first kappa shape index (κ1) is 11.4. The number of rotatable bonds is 0. The van der Waals surface area contributed by atoms with Gasteiger partial charge in [0.1, 0.15) is 4.60 Å². The van der Waals surface area contributed by atoms with Crippen LogP contribution in [-0.2, 0) is 0 Å². The van der Waals surface area contributed by atoms with E-state index in [4.69, 9.17) is 5.73 Å². The largest absolute Gasteiger partial charge is 0.381 e. The molecule has 0 bridgehead atoms. The summed E-state index contributed by atoms with van der Waals surface area (Å²) in [7, 11) is 0. The molecule has 2 rings (SSSR count). The first-order valence-corrected chi connectivity index (χ1v) is 6.34. The number of nitrogens with two attached hydrogens (primary N) is 1. The van der Waals surface area contributed by atoms with Crippen molar-refractivity contribution < 1.29 is 0 Å². The topological polar surface area (TPSA) is 51.8 Å². The van der Waals surface area contributed by atoms with Crippen LogP contribution in [0, 0.1) is 17.8 Å². The van der Waals surface area contributed by atoms with Crippen molar-refractivity contribution in [2.45, 2.75) is 32.1 Å². The molecule has 1 fully saturated rings. The molecule has 1 aliphatic carbocycles. The minimum absolute atomic E-state index is 0.409. The SMILES string of the molecule is Nc1ncc(Br)nc1C#CC1CCCCC1. The van der Waals surface area contributed by atoms with E-state index in [9.17, 15) is 0 Å². The van der Waals surface area contributed by atoms with Crippen molar-refractivity contribution in [1.29, 1.82) is 0 Å². The fourth-order valence-electron chi connectivity index (χ4n) is 1.89. The summed E-state index contributed by atoms with van der Waals surface area (Å²) in [4.78, 5) is 8.22. The molecule has 1 aliphatic rings. The number of nitrogen functional groups attached to an aromatic ring is 1. The minimum Gasteiger partial charge on any atom is -0.381 e. The third-order valence-electron chi connectivity index (χ3n) is 2.77. The highest BCUT2D eigenvalue weighted by molar-refractivity contribution is 9.10. The van der Waals surface area contributed by atoms with Gasteiger partial charge in [0, 0.05) is 5.92 Å². The van der Waals surface area contributed by atoms with E-state index >= 15 is 0 Å². The van der Waals surface area contributed by atoms with Crippen molar-refractivity contribution >= 4 is 21.7 Å². The maximum atomic E-state index is 5.71. The van der Waals surface area contributed by atoms with Crippen LogP contribution < -0.4 is 5.73 Å². The summed E-state index contributed by atoms with van der Waals surface area (Å²) in [6, 6.07) is 0. The Kier molecular flexibility index (Phi) is 3.79. The Morgan fingerprint density at radius 1 is 1.31 bits per heavy atom. The van der Waals surface area contributed by atoms with Gasteiger partial charge in [-0.15, -0.1) is 0 Å². The number of nitrogens with zero attached hydrogens (tertiary/aromatic N) is 2. The summed E-state index contributed by atoms with van der Waals surface area (Å²) in [6.07, 6.45) is 7.92. The van der Waals surface area contributed by atoms with Gasteiger partial charge in [-0.05, 0) is 34.7 Å². The first-order chi connectivity index (χ1) is 7.75. The molecule has 0 spiro atoms. The van der Waals surface area contributed by atoms with Crippen molar-refractivity contribution in [2.24, 2.45) is 5.92 Å². The highest BCUT2D eigenvalue weighted by Gasteiger charge is 2.10. The predicted octanol–water partition coefficient (Wildman–Crippen LogP) is 2.75. The van der Waals surface area contributed by atoms with E-state index < -0.39 is 0 Å². The van der Waals surface area contributed by atoms with E-state index in [1.54, 1.807) is 6.20 Å². The lowest BCUT2D eigenvalue weighted by Crippen LogP contribution is -2.04. The second kappa shape index (κ2) is 5.31. The number of anilines is 1. The fourth-order valence-corrected chi connectivity index (χ4v) is 2.17. The summed E-state index contributed by atoms with van der Waals surface area (Å²) in [5, 5.41) is 0. The molecule has 3 nitrogen and oxygen atoms in total. The average molecular weight is 280 g/mol. The van der Waals surface area contributed by atoms with Crippen molar-refractivity contribution in [2.75, 3.05) is 5.73 Å². The van der Waals surface area contributed by atoms with E-state index in [0.717, 1.165) is 0 Å². The lowest BCUT2D eigenvalue weighted by atomic mass is 9.90. The van der Waals surface area contributed by atoms with Crippen molar-refractivity contribution in [3.05, 3.63) is 16.5 Å². The quantitative estimate of drug-likeness (QED) is 0.743. The maximum absolute atomic E-state index is 5.71. The van der Waals surface area contributed by atoms with Gasteiger partial charge in [-0.25, -0.2) is 9.97 Å². The Morgan fingerprint density at radius 3 is 2.81 bits per heavy atom. The first-order valence-electron chi connectivity index (χ1n) is 5.55. The smallest absolute Gasteiger partial charge is 0.158 e. The number of halogens is 1. The standard InChI is InChI=1S/C12H14BrN3/c13-11-8-15-12(14)10(16-11)7-6-9-4-2-1-3-5-9/h8-9H,1-5H2,(H2,14,15). The summed E-state index contributed by atoms with van der Waals surface area (Å²) < 4.78 is 0.676. The van der Waals surface area contributed by atoms with Crippen LogP contribution in [0.1, 0.15) is 37.8 Å². The normalized spacial score (nSPS) is 16.6. The van der Waals surface area contributed by atoms with E-state index in [1.165, 1.54) is 32.1 Å². The lowest BCUT2D eigenvalue weighted by molar-refractivity contribution is 0.430. The van der Waals surface area contributed by atoms with Gasteiger partial charge in [-0.1, -0.05) is 25.2 Å². The van der Waals surface area contributed by atoms with Crippen molar-refractivity contribution in [1.82, 2.24) is 9.97 Å². The predicted molar refractivity (Wildman–Crippen MR) is 67.6 cm³/mol. The molecule has 1 aromatic rings. The Balaban J connectivity index is 2.13. The summed E-state index contributed by atoms with van der Waals surface area (Å²) >= 11 is 3.27. The zero-order chi connectivity index (χ0) is 11.4. The zero-order valence-corrected chi connectivity index (χ0v) is 10.6. The van der Waals surface area contributed by atoms with Crippen LogP contribution in [0.25, 0.3) is 0 Å². The maximum Gasteiger partial charge on any atom is 0.158 e. The third-order valence-corrected chi connectivity index (χ3v) is 3.15. The van der Waals surface area contributed by atoms with Crippen LogP contribution in [0.3, 0.4) is 0 Å². The Morgan fingerprint density at radius 2 is 2.06 bits per heavy atom. The van der Waals surface area contributed by atoms with Crippen LogP contribution >= 0.6 is 15.9 Å². The molecule has 0 saturated heterocycles. The molecule has 0 aromatic carbocycles. The van der Waals surface area contributed by atoms with E-state index in [2.05, 4.69) is 37.7 Å². The highest BCUT2D eigenvalue weighted by atomic mass is 79.9. The molecule has 1 heterocycles. The van der Waals surface area contributed by atoms with Crippen LogP contribution in [0.2, 0.25) is 0 Å². The molecule has 0 aliphatic heterocycles.